The van der Waals surface area contributed by atoms with Gasteiger partial charge in [-0.2, -0.15) is 0 Å². The third kappa shape index (κ3) is 7.78. The second-order valence-electron chi connectivity index (χ2n) is 11.5. The lowest BCUT2D eigenvalue weighted by Gasteiger charge is -2.25. The van der Waals surface area contributed by atoms with Crippen molar-refractivity contribution in [2.45, 2.75) is 58.4 Å². The fourth-order valence-corrected chi connectivity index (χ4v) is 5.79. The Morgan fingerprint density at radius 1 is 0.843 bits per heavy atom. The van der Waals surface area contributed by atoms with Gasteiger partial charge < -0.3 is 23.8 Å². The van der Waals surface area contributed by atoms with E-state index in [1.54, 1.807) is 17.0 Å². The summed E-state index contributed by atoms with van der Waals surface area (Å²) in [7, 11) is 0. The number of non-ortho nitro benzene ring substituents is 1. The van der Waals surface area contributed by atoms with Crippen LogP contribution in [0.5, 0.6) is 0 Å². The van der Waals surface area contributed by atoms with Crippen LogP contribution in [0.15, 0.2) is 79.4 Å². The Labute approximate surface area is 290 Å². The van der Waals surface area contributed by atoms with Gasteiger partial charge in [0.25, 0.3) is 5.69 Å². The van der Waals surface area contributed by atoms with Crippen molar-refractivity contribution in [3.05, 3.63) is 101 Å². The van der Waals surface area contributed by atoms with Crippen LogP contribution in [0, 0.1) is 10.1 Å². The van der Waals surface area contributed by atoms with E-state index in [0.717, 1.165) is 11.4 Å². The second-order valence-corrected chi connectivity index (χ2v) is 11.5. The lowest BCUT2D eigenvalue weighted by Crippen LogP contribution is -2.40. The van der Waals surface area contributed by atoms with Gasteiger partial charge >= 0.3 is 17.9 Å². The molecule has 4 atom stereocenters. The lowest BCUT2D eigenvalue weighted by atomic mass is 10.1. The first-order valence-corrected chi connectivity index (χ1v) is 15.7. The lowest BCUT2D eigenvalue weighted by molar-refractivity contribution is -0.384. The van der Waals surface area contributed by atoms with Crippen molar-refractivity contribution in [3.63, 3.8) is 0 Å². The molecule has 0 radical (unpaired) electrons. The molecule has 0 aliphatic carbocycles. The van der Waals surface area contributed by atoms with Gasteiger partial charge in [-0.1, -0.05) is 12.1 Å². The topological polar surface area (TPSA) is 204 Å². The predicted molar refractivity (Wildman–Crippen MR) is 177 cm³/mol. The summed E-state index contributed by atoms with van der Waals surface area (Å²) in [6, 6.07) is 16.8. The number of fused-ring (bicyclic) bond motifs is 1. The maximum Gasteiger partial charge on any atom is 0.303 e. The Bertz CT molecular complexity index is 2000. The van der Waals surface area contributed by atoms with Gasteiger partial charge in [-0.15, -0.1) is 0 Å². The standard InChI is InChI=1S/C34H32N8O9/c1-20(43)48-18-27-29(49-21(2)44)30(50-22(3)45)34(51-27)41-31(23-10-12-26(13-11-23)42(46)47)39-28-32(37-19-38-33(28)41)40(16-24-8-4-6-14-35-24)17-25-9-5-7-15-36-25/h4-15,19,27,29-30,34H,16-18H2,1-3H3/t27-,29-,30-,34-/m1/s1. The number of nitro benzene ring substituents is 1. The fourth-order valence-electron chi connectivity index (χ4n) is 5.79. The van der Waals surface area contributed by atoms with E-state index in [4.69, 9.17) is 23.9 Å². The molecule has 1 saturated heterocycles. The zero-order chi connectivity index (χ0) is 36.1. The van der Waals surface area contributed by atoms with E-state index in [1.807, 2.05) is 41.3 Å². The number of esters is 3. The van der Waals surface area contributed by atoms with E-state index in [9.17, 15) is 24.5 Å². The molecule has 1 fully saturated rings. The van der Waals surface area contributed by atoms with Crippen molar-refractivity contribution in [1.82, 2.24) is 29.5 Å². The van der Waals surface area contributed by atoms with Crippen LogP contribution in [0.25, 0.3) is 22.6 Å². The molecule has 0 N–H and O–H groups in total. The van der Waals surface area contributed by atoms with Crippen LogP contribution < -0.4 is 4.90 Å². The molecule has 1 aliphatic heterocycles. The molecule has 4 aromatic heterocycles. The predicted octanol–water partition coefficient (Wildman–Crippen LogP) is 3.72. The highest BCUT2D eigenvalue weighted by molar-refractivity contribution is 5.87. The fraction of sp³-hybridized carbons (Fsp3) is 0.294. The third-order valence-corrected chi connectivity index (χ3v) is 7.85. The first-order chi connectivity index (χ1) is 24.6. The van der Waals surface area contributed by atoms with Gasteiger partial charge in [-0.3, -0.25) is 39.0 Å². The van der Waals surface area contributed by atoms with Crippen molar-refractivity contribution in [1.29, 1.82) is 0 Å². The van der Waals surface area contributed by atoms with Crippen molar-refractivity contribution < 1.29 is 38.3 Å². The normalized spacial score (nSPS) is 18.3. The molecule has 6 rings (SSSR count). The smallest absolute Gasteiger partial charge is 0.303 e. The highest BCUT2D eigenvalue weighted by Gasteiger charge is 2.52. The number of nitro groups is 1. The van der Waals surface area contributed by atoms with Crippen molar-refractivity contribution in [2.75, 3.05) is 11.5 Å². The number of rotatable bonds is 12. The molecule has 0 saturated carbocycles. The van der Waals surface area contributed by atoms with Crippen LogP contribution in [-0.2, 0) is 46.4 Å². The molecule has 0 unspecified atom stereocenters. The molecule has 5 heterocycles. The van der Waals surface area contributed by atoms with Gasteiger partial charge in [0.2, 0.25) is 0 Å². The molecule has 0 bridgehead atoms. The molecular formula is C34H32N8O9. The molecule has 1 aromatic carbocycles. The zero-order valence-corrected chi connectivity index (χ0v) is 27.7. The zero-order valence-electron chi connectivity index (χ0n) is 27.7. The number of anilines is 1. The van der Waals surface area contributed by atoms with Crippen LogP contribution in [0.3, 0.4) is 0 Å². The van der Waals surface area contributed by atoms with Crippen LogP contribution in [0.2, 0.25) is 0 Å². The monoisotopic (exact) mass is 696 g/mol. The highest BCUT2D eigenvalue weighted by atomic mass is 16.7. The number of aromatic nitrogens is 6. The van der Waals surface area contributed by atoms with Crippen LogP contribution in [-0.4, -0.2) is 77.2 Å². The first-order valence-electron chi connectivity index (χ1n) is 15.7. The van der Waals surface area contributed by atoms with Crippen molar-refractivity contribution in [3.8, 4) is 11.4 Å². The van der Waals surface area contributed by atoms with E-state index >= 15 is 0 Å². The summed E-state index contributed by atoms with van der Waals surface area (Å²) in [4.78, 5) is 72.7. The number of pyridine rings is 2. The summed E-state index contributed by atoms with van der Waals surface area (Å²) in [5.41, 5.74) is 2.28. The van der Waals surface area contributed by atoms with Crippen LogP contribution in [0.4, 0.5) is 11.5 Å². The maximum absolute atomic E-state index is 12.5. The number of carbonyl (C=O) groups excluding carboxylic acids is 3. The molecule has 0 amide bonds. The van der Waals surface area contributed by atoms with Gasteiger partial charge in [-0.05, 0) is 36.4 Å². The number of nitrogens with zero attached hydrogens (tertiary/aromatic N) is 8. The molecule has 51 heavy (non-hydrogen) atoms. The number of benzene rings is 1. The van der Waals surface area contributed by atoms with Gasteiger partial charge in [0.1, 0.15) is 24.9 Å². The van der Waals surface area contributed by atoms with Crippen LogP contribution in [0.1, 0.15) is 38.4 Å². The number of imidazole rings is 1. The van der Waals surface area contributed by atoms with Crippen molar-refractivity contribution >= 4 is 40.6 Å². The Hall–Kier alpha value is -6.36. The molecule has 262 valence electrons. The number of hydrogen-bond acceptors (Lipinski definition) is 15. The second kappa shape index (κ2) is 15.0. The molecule has 5 aromatic rings. The Morgan fingerprint density at radius 3 is 2.02 bits per heavy atom. The van der Waals surface area contributed by atoms with Gasteiger partial charge in [0.05, 0.1) is 29.4 Å². The van der Waals surface area contributed by atoms with E-state index in [0.29, 0.717) is 30.0 Å². The quantitative estimate of drug-likeness (QED) is 0.0789. The Morgan fingerprint density at radius 2 is 1.47 bits per heavy atom. The van der Waals surface area contributed by atoms with Crippen molar-refractivity contribution in [2.24, 2.45) is 0 Å². The summed E-state index contributed by atoms with van der Waals surface area (Å²) in [6.45, 7) is 3.87. The van der Waals surface area contributed by atoms with Crippen LogP contribution >= 0.6 is 0 Å². The molecule has 17 nitrogen and oxygen atoms in total. The maximum atomic E-state index is 12.5. The summed E-state index contributed by atoms with van der Waals surface area (Å²) < 4.78 is 24.5. The number of ether oxygens (including phenoxy) is 4. The largest absolute Gasteiger partial charge is 0.463 e. The summed E-state index contributed by atoms with van der Waals surface area (Å²) in [5.74, 6) is -1.38. The van der Waals surface area contributed by atoms with E-state index in [-0.39, 0.29) is 23.8 Å². The molecule has 17 heteroatoms. The molecule has 1 aliphatic rings. The highest BCUT2D eigenvalue weighted by Crippen LogP contribution is 2.40. The SMILES string of the molecule is CC(=O)OC[C@H]1O[C@@H](n2c(-c3ccc([N+](=O)[O-])cc3)nc3c(N(Cc4ccccn4)Cc4ccccn4)ncnc32)[C@H](OC(C)=O)[C@@H]1OC(C)=O. The first kappa shape index (κ1) is 34.5. The minimum Gasteiger partial charge on any atom is -0.463 e. The van der Waals surface area contributed by atoms with E-state index in [1.165, 1.54) is 51.4 Å². The molecular weight excluding hydrogens is 664 g/mol. The minimum atomic E-state index is -1.27. The number of carbonyl (C=O) groups is 3. The Balaban J connectivity index is 1.56. The molecule has 0 spiro atoms. The summed E-state index contributed by atoms with van der Waals surface area (Å²) in [5, 5.41) is 11.5. The minimum absolute atomic E-state index is 0.148. The van der Waals surface area contributed by atoms with E-state index < -0.39 is 47.4 Å². The average molecular weight is 697 g/mol. The Kier molecular flexibility index (Phi) is 10.2. The van der Waals surface area contributed by atoms with Gasteiger partial charge in [0, 0.05) is 50.9 Å². The summed E-state index contributed by atoms with van der Waals surface area (Å²) in [6.07, 6.45) is -0.0682. The van der Waals surface area contributed by atoms with Gasteiger partial charge in [-0.25, -0.2) is 15.0 Å². The number of hydrogen-bond donors (Lipinski definition) is 0. The third-order valence-electron chi connectivity index (χ3n) is 7.85. The average Bonchev–Trinajstić information content (AvgIpc) is 3.65. The van der Waals surface area contributed by atoms with E-state index in [2.05, 4.69) is 19.9 Å². The summed E-state index contributed by atoms with van der Waals surface area (Å²) >= 11 is 0. The van der Waals surface area contributed by atoms with Gasteiger partial charge in [0.15, 0.2) is 35.4 Å².